The van der Waals surface area contributed by atoms with Gasteiger partial charge < -0.3 is 5.32 Å². The lowest BCUT2D eigenvalue weighted by Gasteiger charge is -2.17. The van der Waals surface area contributed by atoms with Gasteiger partial charge in [0.15, 0.2) is 0 Å². The largest absolute Gasteiger partial charge is 0.312 e. The van der Waals surface area contributed by atoms with Gasteiger partial charge in [0.05, 0.1) is 0 Å². The van der Waals surface area contributed by atoms with Crippen molar-refractivity contribution in [1.82, 2.24) is 5.32 Å². The van der Waals surface area contributed by atoms with Crippen molar-refractivity contribution < 1.29 is 0 Å². The molecule has 2 heteroatoms. The van der Waals surface area contributed by atoms with Crippen molar-refractivity contribution in [3.63, 3.8) is 0 Å². The summed E-state index contributed by atoms with van der Waals surface area (Å²) in [5.41, 5.74) is 1.42. The first-order valence-electron chi connectivity index (χ1n) is 4.86. The summed E-state index contributed by atoms with van der Waals surface area (Å²) >= 11 is 1.86. The van der Waals surface area contributed by atoms with Crippen LogP contribution in [0.25, 0.3) is 0 Å². The Hall–Kier alpha value is -0.340. The molecule has 0 aliphatic heterocycles. The molecule has 0 saturated heterocycles. The highest BCUT2D eigenvalue weighted by molar-refractivity contribution is 7.10. The van der Waals surface area contributed by atoms with Crippen LogP contribution in [0.15, 0.2) is 11.4 Å². The minimum absolute atomic E-state index is 0.542. The number of thiophene rings is 1. The van der Waals surface area contributed by atoms with E-state index in [1.807, 2.05) is 18.4 Å². The Morgan fingerprint density at radius 1 is 1.46 bits per heavy atom. The third-order valence-corrected chi connectivity index (χ3v) is 3.41. The highest BCUT2D eigenvalue weighted by Gasteiger charge is 2.13. The summed E-state index contributed by atoms with van der Waals surface area (Å²) in [6, 6.07) is 2.74. The van der Waals surface area contributed by atoms with Gasteiger partial charge in [-0.15, -0.1) is 11.3 Å². The zero-order valence-electron chi connectivity index (χ0n) is 8.92. The number of hydrogen-bond acceptors (Lipinski definition) is 2. The highest BCUT2D eigenvalue weighted by Crippen LogP contribution is 2.28. The van der Waals surface area contributed by atoms with Crippen molar-refractivity contribution >= 4 is 11.3 Å². The first-order chi connectivity index (χ1) is 6.15. The van der Waals surface area contributed by atoms with Crippen molar-refractivity contribution in [3.8, 4) is 0 Å². The van der Waals surface area contributed by atoms with Crippen LogP contribution in [0.1, 0.15) is 36.8 Å². The molecule has 74 valence electrons. The summed E-state index contributed by atoms with van der Waals surface area (Å²) in [5, 5.41) is 5.56. The third-order valence-electron chi connectivity index (χ3n) is 2.27. The molecule has 13 heavy (non-hydrogen) atoms. The fraction of sp³-hybridized carbons (Fsp3) is 0.636. The zero-order valence-corrected chi connectivity index (χ0v) is 9.74. The van der Waals surface area contributed by atoms with Gasteiger partial charge in [0, 0.05) is 10.9 Å². The highest BCUT2D eigenvalue weighted by atomic mass is 32.1. The van der Waals surface area contributed by atoms with E-state index < -0.39 is 0 Å². The molecule has 0 amide bonds. The maximum absolute atomic E-state index is 3.39. The Morgan fingerprint density at radius 2 is 2.15 bits per heavy atom. The van der Waals surface area contributed by atoms with Crippen LogP contribution in [0, 0.1) is 12.8 Å². The molecule has 0 bridgehead atoms. The summed E-state index contributed by atoms with van der Waals surface area (Å²) in [6.07, 6.45) is 1.22. The van der Waals surface area contributed by atoms with E-state index in [-0.39, 0.29) is 0 Å². The van der Waals surface area contributed by atoms with Gasteiger partial charge in [-0.25, -0.2) is 0 Å². The Balaban J connectivity index is 2.72. The molecule has 1 heterocycles. The van der Waals surface area contributed by atoms with Crippen LogP contribution in [0.5, 0.6) is 0 Å². The van der Waals surface area contributed by atoms with E-state index in [9.17, 15) is 0 Å². The molecule has 0 radical (unpaired) electrons. The van der Waals surface area contributed by atoms with E-state index in [0.29, 0.717) is 6.04 Å². The second-order valence-electron chi connectivity index (χ2n) is 3.94. The van der Waals surface area contributed by atoms with Gasteiger partial charge in [-0.2, -0.15) is 0 Å². The SMILES string of the molecule is CNC(CC(C)C)c1sccc1C. The van der Waals surface area contributed by atoms with Crippen molar-refractivity contribution in [2.45, 2.75) is 33.2 Å². The lowest BCUT2D eigenvalue weighted by atomic mass is 10.0. The first kappa shape index (κ1) is 10.7. The Labute approximate surface area is 85.2 Å². The van der Waals surface area contributed by atoms with Gasteiger partial charge in [0.1, 0.15) is 0 Å². The normalized spacial score (nSPS) is 13.6. The number of hydrogen-bond donors (Lipinski definition) is 1. The molecule has 1 N–H and O–H groups in total. The molecule has 0 aliphatic carbocycles. The molecule has 1 unspecified atom stereocenters. The third kappa shape index (κ3) is 2.82. The summed E-state index contributed by atoms with van der Waals surface area (Å²) in [6.45, 7) is 6.73. The van der Waals surface area contributed by atoms with E-state index >= 15 is 0 Å². The van der Waals surface area contributed by atoms with Crippen molar-refractivity contribution in [2.24, 2.45) is 5.92 Å². The van der Waals surface area contributed by atoms with Crippen molar-refractivity contribution in [1.29, 1.82) is 0 Å². The number of nitrogens with one attached hydrogen (secondary N) is 1. The van der Waals surface area contributed by atoms with Crippen molar-refractivity contribution in [2.75, 3.05) is 7.05 Å². The monoisotopic (exact) mass is 197 g/mol. The van der Waals surface area contributed by atoms with Gasteiger partial charge in [0.2, 0.25) is 0 Å². The quantitative estimate of drug-likeness (QED) is 0.780. The minimum Gasteiger partial charge on any atom is -0.312 e. The molecule has 1 rings (SSSR count). The van der Waals surface area contributed by atoms with Crippen molar-refractivity contribution in [3.05, 3.63) is 21.9 Å². The molecule has 1 atom stereocenters. The predicted octanol–water partition coefficient (Wildman–Crippen LogP) is 3.36. The molecule has 1 nitrogen and oxygen atoms in total. The van der Waals surface area contributed by atoms with E-state index in [0.717, 1.165) is 5.92 Å². The van der Waals surface area contributed by atoms with Crippen LogP contribution in [0.2, 0.25) is 0 Å². The second kappa shape index (κ2) is 4.77. The second-order valence-corrected chi connectivity index (χ2v) is 4.89. The van der Waals surface area contributed by atoms with E-state index in [4.69, 9.17) is 0 Å². The molecule has 1 aromatic heterocycles. The molecule has 0 spiro atoms. The maximum Gasteiger partial charge on any atom is 0.0417 e. The lowest BCUT2D eigenvalue weighted by Crippen LogP contribution is -2.17. The smallest absolute Gasteiger partial charge is 0.0417 e. The Bertz CT molecular complexity index is 252. The van der Waals surface area contributed by atoms with Gasteiger partial charge in [-0.3, -0.25) is 0 Å². The van der Waals surface area contributed by atoms with Gasteiger partial charge in [-0.1, -0.05) is 13.8 Å². The van der Waals surface area contributed by atoms with Gasteiger partial charge in [0.25, 0.3) is 0 Å². The Morgan fingerprint density at radius 3 is 2.54 bits per heavy atom. The van der Waals surface area contributed by atoms with Crippen LogP contribution in [-0.2, 0) is 0 Å². The molecule has 0 saturated carbocycles. The Kier molecular flexibility index (Phi) is 3.94. The first-order valence-corrected chi connectivity index (χ1v) is 5.74. The minimum atomic E-state index is 0.542. The summed E-state index contributed by atoms with van der Waals surface area (Å²) < 4.78 is 0. The van der Waals surface area contributed by atoms with E-state index in [1.54, 1.807) is 0 Å². The van der Waals surface area contributed by atoms with E-state index in [1.165, 1.54) is 16.9 Å². The average Bonchev–Trinajstić information content (AvgIpc) is 2.47. The molecule has 0 aliphatic rings. The summed E-state index contributed by atoms with van der Waals surface area (Å²) in [5.74, 6) is 0.749. The van der Waals surface area contributed by atoms with Crippen LogP contribution >= 0.6 is 11.3 Å². The fourth-order valence-corrected chi connectivity index (χ4v) is 2.62. The maximum atomic E-state index is 3.39. The zero-order chi connectivity index (χ0) is 9.84. The summed E-state index contributed by atoms with van der Waals surface area (Å²) in [7, 11) is 2.05. The lowest BCUT2D eigenvalue weighted by molar-refractivity contribution is 0.461. The number of aryl methyl sites for hydroxylation is 1. The molecular weight excluding hydrogens is 178 g/mol. The van der Waals surface area contributed by atoms with E-state index in [2.05, 4.69) is 37.5 Å². The van der Waals surface area contributed by atoms with Gasteiger partial charge in [-0.05, 0) is 43.3 Å². The fourth-order valence-electron chi connectivity index (χ4n) is 1.57. The van der Waals surface area contributed by atoms with Gasteiger partial charge >= 0.3 is 0 Å². The number of rotatable bonds is 4. The van der Waals surface area contributed by atoms with Crippen LogP contribution in [-0.4, -0.2) is 7.05 Å². The molecular formula is C11H19NS. The van der Waals surface area contributed by atoms with Crippen LogP contribution < -0.4 is 5.32 Å². The molecule has 0 aromatic carbocycles. The topological polar surface area (TPSA) is 12.0 Å². The standard InChI is InChI=1S/C11H19NS/c1-8(2)7-10(12-4)11-9(3)5-6-13-11/h5-6,8,10,12H,7H2,1-4H3. The van der Waals surface area contributed by atoms with Crippen LogP contribution in [0.3, 0.4) is 0 Å². The average molecular weight is 197 g/mol. The molecule has 1 aromatic rings. The molecule has 0 fully saturated rings. The summed E-state index contributed by atoms with van der Waals surface area (Å²) in [4.78, 5) is 1.50. The predicted molar refractivity (Wildman–Crippen MR) is 60.3 cm³/mol. The van der Waals surface area contributed by atoms with Crippen LogP contribution in [0.4, 0.5) is 0 Å².